The van der Waals surface area contributed by atoms with Crippen LogP contribution < -0.4 is 5.32 Å². The van der Waals surface area contributed by atoms with Crippen molar-refractivity contribution in [1.82, 2.24) is 0 Å². The van der Waals surface area contributed by atoms with Crippen LogP contribution in [-0.4, -0.2) is 41.5 Å². The first-order valence-corrected chi connectivity index (χ1v) is 5.95. The van der Waals surface area contributed by atoms with Gasteiger partial charge in [0.15, 0.2) is 0 Å². The second-order valence-corrected chi connectivity index (χ2v) is 4.81. The number of hydrogen-bond acceptors (Lipinski definition) is 4. The number of benzene rings is 1. The first-order valence-electron chi connectivity index (χ1n) is 5.57. The van der Waals surface area contributed by atoms with Gasteiger partial charge < -0.3 is 20.3 Å². The van der Waals surface area contributed by atoms with Crippen molar-refractivity contribution >= 4 is 23.3 Å². The van der Waals surface area contributed by atoms with Gasteiger partial charge in [-0.15, -0.1) is 0 Å². The smallest absolute Gasteiger partial charge is 0.337 e. The fraction of sp³-hybridized carbons (Fsp3) is 0.417. The molecule has 0 spiro atoms. The third kappa shape index (κ3) is 2.93. The summed E-state index contributed by atoms with van der Waals surface area (Å²) in [6, 6.07) is 4.57. The Kier molecular flexibility index (Phi) is 3.75. The van der Waals surface area contributed by atoms with Gasteiger partial charge in [0.2, 0.25) is 0 Å². The lowest BCUT2D eigenvalue weighted by molar-refractivity contribution is 0.0381. The number of ether oxygens (including phenoxy) is 1. The highest BCUT2D eigenvalue weighted by Gasteiger charge is 2.32. The Bertz CT molecular complexity index is 457. The van der Waals surface area contributed by atoms with Gasteiger partial charge in [0, 0.05) is 30.3 Å². The average molecular weight is 272 g/mol. The van der Waals surface area contributed by atoms with Crippen LogP contribution in [0.5, 0.6) is 0 Å². The van der Waals surface area contributed by atoms with E-state index in [9.17, 15) is 9.90 Å². The molecular formula is C12H14ClNO4. The SMILES string of the molecule is O=C(O)c1cc(Cl)ccc1NCC1(O)CCOC1. The molecule has 18 heavy (non-hydrogen) atoms. The van der Waals surface area contributed by atoms with Crippen LogP contribution in [-0.2, 0) is 4.74 Å². The lowest BCUT2D eigenvalue weighted by Crippen LogP contribution is -2.37. The van der Waals surface area contributed by atoms with Gasteiger partial charge in [-0.05, 0) is 18.2 Å². The first-order chi connectivity index (χ1) is 8.50. The van der Waals surface area contributed by atoms with E-state index in [2.05, 4.69) is 5.32 Å². The van der Waals surface area contributed by atoms with Crippen LogP contribution in [0.25, 0.3) is 0 Å². The first kappa shape index (κ1) is 13.1. The number of hydrogen-bond donors (Lipinski definition) is 3. The summed E-state index contributed by atoms with van der Waals surface area (Å²) in [6.45, 7) is 1.02. The Balaban J connectivity index is 2.11. The minimum Gasteiger partial charge on any atom is -0.478 e. The van der Waals surface area contributed by atoms with E-state index in [1.54, 1.807) is 12.1 Å². The lowest BCUT2D eigenvalue weighted by atomic mass is 10.0. The van der Waals surface area contributed by atoms with Gasteiger partial charge in [-0.25, -0.2) is 4.79 Å². The Morgan fingerprint density at radius 2 is 2.33 bits per heavy atom. The summed E-state index contributed by atoms with van der Waals surface area (Å²) in [4.78, 5) is 11.1. The molecule has 1 aliphatic rings. The van der Waals surface area contributed by atoms with E-state index in [1.165, 1.54) is 6.07 Å². The van der Waals surface area contributed by atoms with Gasteiger partial charge in [-0.2, -0.15) is 0 Å². The molecule has 0 aromatic heterocycles. The van der Waals surface area contributed by atoms with Crippen molar-refractivity contribution in [2.24, 2.45) is 0 Å². The second kappa shape index (κ2) is 5.14. The highest BCUT2D eigenvalue weighted by molar-refractivity contribution is 6.31. The van der Waals surface area contributed by atoms with E-state index < -0.39 is 11.6 Å². The maximum Gasteiger partial charge on any atom is 0.337 e. The molecule has 5 nitrogen and oxygen atoms in total. The van der Waals surface area contributed by atoms with E-state index in [0.717, 1.165) is 0 Å². The highest BCUT2D eigenvalue weighted by Crippen LogP contribution is 2.23. The number of aliphatic hydroxyl groups is 1. The van der Waals surface area contributed by atoms with Gasteiger partial charge >= 0.3 is 5.97 Å². The zero-order valence-corrected chi connectivity index (χ0v) is 10.4. The fourth-order valence-electron chi connectivity index (χ4n) is 1.84. The normalized spacial score (nSPS) is 23.0. The van der Waals surface area contributed by atoms with Crippen LogP contribution in [0.4, 0.5) is 5.69 Å². The van der Waals surface area contributed by atoms with Gasteiger partial charge in [0.1, 0.15) is 5.60 Å². The van der Waals surface area contributed by atoms with Crippen molar-refractivity contribution in [3.8, 4) is 0 Å². The predicted molar refractivity (Wildman–Crippen MR) is 67.3 cm³/mol. The van der Waals surface area contributed by atoms with Gasteiger partial charge in [-0.1, -0.05) is 11.6 Å². The molecule has 6 heteroatoms. The van der Waals surface area contributed by atoms with E-state index in [0.29, 0.717) is 23.7 Å². The summed E-state index contributed by atoms with van der Waals surface area (Å²) in [5, 5.41) is 22.4. The van der Waals surface area contributed by atoms with Crippen molar-refractivity contribution in [2.75, 3.05) is 25.1 Å². The molecule has 2 rings (SSSR count). The molecule has 1 unspecified atom stereocenters. The molecule has 1 aromatic rings. The van der Waals surface area contributed by atoms with Crippen LogP contribution in [0, 0.1) is 0 Å². The van der Waals surface area contributed by atoms with Crippen LogP contribution in [0.15, 0.2) is 18.2 Å². The lowest BCUT2D eigenvalue weighted by Gasteiger charge is -2.22. The van der Waals surface area contributed by atoms with Crippen LogP contribution >= 0.6 is 11.6 Å². The molecule has 1 aliphatic heterocycles. The largest absolute Gasteiger partial charge is 0.478 e. The molecule has 98 valence electrons. The number of anilines is 1. The number of aromatic carboxylic acids is 1. The van der Waals surface area contributed by atoms with Gasteiger partial charge in [0.25, 0.3) is 0 Å². The molecule has 1 heterocycles. The molecule has 1 atom stereocenters. The summed E-state index contributed by atoms with van der Waals surface area (Å²) in [5.41, 5.74) is -0.410. The third-order valence-electron chi connectivity index (χ3n) is 2.90. The number of halogens is 1. The molecule has 1 saturated heterocycles. The Morgan fingerprint density at radius 3 is 2.94 bits per heavy atom. The van der Waals surface area contributed by atoms with Crippen molar-refractivity contribution in [2.45, 2.75) is 12.0 Å². The molecule has 0 bridgehead atoms. The maximum absolute atomic E-state index is 11.1. The molecule has 0 saturated carbocycles. The van der Waals surface area contributed by atoms with E-state index in [4.69, 9.17) is 21.4 Å². The number of carbonyl (C=O) groups is 1. The van der Waals surface area contributed by atoms with Crippen LogP contribution in [0.1, 0.15) is 16.8 Å². The summed E-state index contributed by atoms with van der Waals surface area (Å²) >= 11 is 5.76. The fourth-order valence-corrected chi connectivity index (χ4v) is 2.02. The Labute approximate surface area is 109 Å². The molecular weight excluding hydrogens is 258 g/mol. The maximum atomic E-state index is 11.1. The molecule has 0 aliphatic carbocycles. The summed E-state index contributed by atoms with van der Waals surface area (Å²) in [5.74, 6) is -1.06. The minimum absolute atomic E-state index is 0.0880. The van der Waals surface area contributed by atoms with Gasteiger partial charge in [0.05, 0.1) is 12.2 Å². The quantitative estimate of drug-likeness (QED) is 0.775. The van der Waals surface area contributed by atoms with Crippen molar-refractivity contribution in [1.29, 1.82) is 0 Å². The molecule has 0 radical (unpaired) electrons. The average Bonchev–Trinajstić information content (AvgIpc) is 2.75. The Morgan fingerprint density at radius 1 is 1.56 bits per heavy atom. The predicted octanol–water partition coefficient (Wildman–Crippen LogP) is 1.60. The van der Waals surface area contributed by atoms with Crippen LogP contribution in [0.2, 0.25) is 5.02 Å². The van der Waals surface area contributed by atoms with Crippen molar-refractivity contribution in [3.63, 3.8) is 0 Å². The molecule has 1 aromatic carbocycles. The zero-order chi connectivity index (χ0) is 13.2. The Hall–Kier alpha value is -1.30. The molecule has 3 N–H and O–H groups in total. The summed E-state index contributed by atoms with van der Waals surface area (Å²) in [7, 11) is 0. The van der Waals surface area contributed by atoms with E-state index in [-0.39, 0.29) is 18.7 Å². The molecule has 1 fully saturated rings. The monoisotopic (exact) mass is 271 g/mol. The van der Waals surface area contributed by atoms with Crippen molar-refractivity contribution < 1.29 is 19.7 Å². The summed E-state index contributed by atoms with van der Waals surface area (Å²) in [6.07, 6.45) is 0.538. The number of nitrogens with one attached hydrogen (secondary N) is 1. The standard InChI is InChI=1S/C12H14ClNO4/c13-8-1-2-10(9(5-8)11(15)16)14-6-12(17)3-4-18-7-12/h1-2,5,14,17H,3-4,6-7H2,(H,15,16). The number of carboxylic acid groups (broad SMARTS) is 1. The second-order valence-electron chi connectivity index (χ2n) is 4.38. The molecule has 0 amide bonds. The zero-order valence-electron chi connectivity index (χ0n) is 9.65. The van der Waals surface area contributed by atoms with Crippen LogP contribution in [0.3, 0.4) is 0 Å². The third-order valence-corrected chi connectivity index (χ3v) is 3.14. The highest BCUT2D eigenvalue weighted by atomic mass is 35.5. The van der Waals surface area contributed by atoms with E-state index >= 15 is 0 Å². The van der Waals surface area contributed by atoms with Gasteiger partial charge in [-0.3, -0.25) is 0 Å². The summed E-state index contributed by atoms with van der Waals surface area (Å²) < 4.78 is 5.12. The number of carboxylic acids is 1. The number of rotatable bonds is 4. The minimum atomic E-state index is -1.06. The van der Waals surface area contributed by atoms with Crippen molar-refractivity contribution in [3.05, 3.63) is 28.8 Å². The topological polar surface area (TPSA) is 78.8 Å². The van der Waals surface area contributed by atoms with E-state index in [1.807, 2.05) is 0 Å².